The SMILES string of the molecule is CC(C)(C)OC(Cc1ccccc1)N1CCN(CCC(O)c2ccc(F)cc2)CC1.Cl.Cl. The summed E-state index contributed by atoms with van der Waals surface area (Å²) in [4.78, 5) is 4.82. The third-order valence-electron chi connectivity index (χ3n) is 5.53. The van der Waals surface area contributed by atoms with Crippen LogP contribution in [0.25, 0.3) is 0 Å². The molecule has 0 spiro atoms. The van der Waals surface area contributed by atoms with Gasteiger partial charge in [-0.2, -0.15) is 0 Å². The van der Waals surface area contributed by atoms with Crippen molar-refractivity contribution in [2.45, 2.75) is 51.5 Å². The maximum absolute atomic E-state index is 13.1. The van der Waals surface area contributed by atoms with Crippen LogP contribution in [-0.4, -0.2) is 59.5 Å². The minimum Gasteiger partial charge on any atom is -0.388 e. The zero-order chi connectivity index (χ0) is 21.6. The molecule has 32 heavy (non-hydrogen) atoms. The van der Waals surface area contributed by atoms with E-state index < -0.39 is 6.10 Å². The summed E-state index contributed by atoms with van der Waals surface area (Å²) in [5.41, 5.74) is 1.86. The van der Waals surface area contributed by atoms with Crippen LogP contribution in [0.2, 0.25) is 0 Å². The van der Waals surface area contributed by atoms with E-state index >= 15 is 0 Å². The predicted molar refractivity (Wildman–Crippen MR) is 133 cm³/mol. The smallest absolute Gasteiger partial charge is 0.123 e. The van der Waals surface area contributed by atoms with Gasteiger partial charge in [0.15, 0.2) is 0 Å². The summed E-state index contributed by atoms with van der Waals surface area (Å²) in [6.45, 7) is 11.0. The van der Waals surface area contributed by atoms with Crippen molar-refractivity contribution in [3.63, 3.8) is 0 Å². The monoisotopic (exact) mass is 486 g/mol. The molecule has 0 aromatic heterocycles. The van der Waals surface area contributed by atoms with Gasteiger partial charge in [-0.1, -0.05) is 42.5 Å². The molecule has 0 radical (unpaired) electrons. The van der Waals surface area contributed by atoms with Crippen LogP contribution in [0.4, 0.5) is 4.39 Å². The molecule has 1 aliphatic rings. The largest absolute Gasteiger partial charge is 0.388 e. The minimum atomic E-state index is -0.557. The van der Waals surface area contributed by atoms with Gasteiger partial charge >= 0.3 is 0 Å². The molecule has 1 N–H and O–H groups in total. The number of benzene rings is 2. The minimum absolute atomic E-state index is 0. The molecule has 1 saturated heterocycles. The topological polar surface area (TPSA) is 35.9 Å². The van der Waals surface area contributed by atoms with Gasteiger partial charge in [-0.3, -0.25) is 4.90 Å². The Bertz CT molecular complexity index is 764. The van der Waals surface area contributed by atoms with E-state index in [0.717, 1.165) is 44.7 Å². The van der Waals surface area contributed by atoms with Gasteiger partial charge < -0.3 is 14.7 Å². The average molecular weight is 487 g/mol. The van der Waals surface area contributed by atoms with E-state index in [-0.39, 0.29) is 42.5 Å². The molecule has 1 heterocycles. The Labute approximate surface area is 204 Å². The highest BCUT2D eigenvalue weighted by Crippen LogP contribution is 2.21. The Hall–Kier alpha value is -1.21. The summed E-state index contributed by atoms with van der Waals surface area (Å²) < 4.78 is 19.5. The molecular weight excluding hydrogens is 450 g/mol. The first kappa shape index (κ1) is 28.8. The lowest BCUT2D eigenvalue weighted by Crippen LogP contribution is -2.53. The second-order valence-corrected chi connectivity index (χ2v) is 9.11. The number of piperazine rings is 1. The van der Waals surface area contributed by atoms with Crippen LogP contribution in [0.3, 0.4) is 0 Å². The highest BCUT2D eigenvalue weighted by Gasteiger charge is 2.28. The van der Waals surface area contributed by atoms with E-state index in [1.165, 1.54) is 17.7 Å². The van der Waals surface area contributed by atoms with Gasteiger partial charge in [0.05, 0.1) is 11.7 Å². The van der Waals surface area contributed by atoms with Crippen LogP contribution < -0.4 is 0 Å². The number of hydrogen-bond acceptors (Lipinski definition) is 4. The Balaban J connectivity index is 0.00000256. The molecular formula is C25H37Cl2FN2O2. The van der Waals surface area contributed by atoms with Crippen LogP contribution in [0.1, 0.15) is 44.4 Å². The molecule has 2 aromatic rings. The van der Waals surface area contributed by atoms with Crippen molar-refractivity contribution in [3.05, 3.63) is 71.5 Å². The standard InChI is InChI=1S/C25H35FN2O2.2ClH/c1-25(2,3)30-24(19-20-7-5-4-6-8-20)28-17-15-27(16-18-28)14-13-23(29)21-9-11-22(26)12-10-21;;/h4-12,23-24,29H,13-19H2,1-3H3;2*1H. The van der Waals surface area contributed by atoms with Crippen molar-refractivity contribution < 1.29 is 14.2 Å². The van der Waals surface area contributed by atoms with Crippen molar-refractivity contribution in [2.24, 2.45) is 0 Å². The van der Waals surface area contributed by atoms with Crippen molar-refractivity contribution in [2.75, 3.05) is 32.7 Å². The summed E-state index contributed by atoms with van der Waals surface area (Å²) in [6.07, 6.45) is 1.02. The number of aliphatic hydroxyl groups is 1. The van der Waals surface area contributed by atoms with Crippen LogP contribution in [-0.2, 0) is 11.2 Å². The maximum atomic E-state index is 13.1. The van der Waals surface area contributed by atoms with Crippen molar-refractivity contribution in [1.29, 1.82) is 0 Å². The Morgan fingerprint density at radius 2 is 1.53 bits per heavy atom. The number of rotatable bonds is 8. The van der Waals surface area contributed by atoms with Crippen LogP contribution in [0.15, 0.2) is 54.6 Å². The lowest BCUT2D eigenvalue weighted by atomic mass is 10.1. The highest BCUT2D eigenvalue weighted by atomic mass is 35.5. The third-order valence-corrected chi connectivity index (χ3v) is 5.53. The molecule has 0 saturated carbocycles. The summed E-state index contributed by atoms with van der Waals surface area (Å²) in [5.74, 6) is -0.274. The van der Waals surface area contributed by atoms with E-state index in [9.17, 15) is 9.50 Å². The van der Waals surface area contributed by atoms with Gasteiger partial charge in [0, 0.05) is 39.1 Å². The number of halogens is 3. The molecule has 2 unspecified atom stereocenters. The first-order valence-electron chi connectivity index (χ1n) is 10.9. The number of ether oxygens (including phenoxy) is 1. The molecule has 2 atom stereocenters. The summed E-state index contributed by atoms with van der Waals surface area (Å²) >= 11 is 0. The fraction of sp³-hybridized carbons (Fsp3) is 0.520. The van der Waals surface area contributed by atoms with Crippen LogP contribution >= 0.6 is 24.8 Å². The Morgan fingerprint density at radius 3 is 2.09 bits per heavy atom. The first-order valence-corrected chi connectivity index (χ1v) is 10.9. The second-order valence-electron chi connectivity index (χ2n) is 9.11. The predicted octanol–water partition coefficient (Wildman–Crippen LogP) is 5.09. The molecule has 7 heteroatoms. The third kappa shape index (κ3) is 9.34. The fourth-order valence-electron chi connectivity index (χ4n) is 3.90. The molecule has 0 amide bonds. The number of aliphatic hydroxyl groups excluding tert-OH is 1. The maximum Gasteiger partial charge on any atom is 0.123 e. The van der Waals surface area contributed by atoms with Gasteiger partial charge in [0.2, 0.25) is 0 Å². The first-order chi connectivity index (χ1) is 14.3. The zero-order valence-corrected chi connectivity index (χ0v) is 20.9. The molecule has 180 valence electrons. The highest BCUT2D eigenvalue weighted by molar-refractivity contribution is 5.85. The second kappa shape index (κ2) is 13.5. The number of nitrogens with zero attached hydrogens (tertiary/aromatic N) is 2. The van der Waals surface area contributed by atoms with Crippen molar-refractivity contribution >= 4 is 24.8 Å². The Morgan fingerprint density at radius 1 is 0.938 bits per heavy atom. The van der Waals surface area contributed by atoms with E-state index in [1.54, 1.807) is 12.1 Å². The lowest BCUT2D eigenvalue weighted by molar-refractivity contribution is -0.141. The van der Waals surface area contributed by atoms with Gasteiger partial charge in [-0.25, -0.2) is 4.39 Å². The molecule has 2 aromatic carbocycles. The molecule has 3 rings (SSSR count). The van der Waals surface area contributed by atoms with Gasteiger partial charge in [0.25, 0.3) is 0 Å². The lowest BCUT2D eigenvalue weighted by Gasteiger charge is -2.41. The molecule has 0 aliphatic carbocycles. The van der Waals surface area contributed by atoms with Crippen molar-refractivity contribution in [1.82, 2.24) is 9.80 Å². The van der Waals surface area contributed by atoms with Crippen molar-refractivity contribution in [3.8, 4) is 0 Å². The normalized spacial score (nSPS) is 17.2. The average Bonchev–Trinajstić information content (AvgIpc) is 2.72. The molecule has 1 aliphatic heterocycles. The van der Waals surface area contributed by atoms with E-state index in [0.29, 0.717) is 6.42 Å². The van der Waals surface area contributed by atoms with Gasteiger partial charge in [0.1, 0.15) is 12.0 Å². The quantitative estimate of drug-likeness (QED) is 0.563. The Kier molecular flexibility index (Phi) is 12.1. The molecule has 1 fully saturated rings. The molecule has 0 bridgehead atoms. The van der Waals surface area contributed by atoms with Crippen LogP contribution in [0, 0.1) is 5.82 Å². The van der Waals surface area contributed by atoms with E-state index in [4.69, 9.17) is 4.74 Å². The zero-order valence-electron chi connectivity index (χ0n) is 19.2. The summed E-state index contributed by atoms with van der Waals surface area (Å²) in [6, 6.07) is 16.6. The number of hydrogen-bond donors (Lipinski definition) is 1. The fourth-order valence-corrected chi connectivity index (χ4v) is 3.90. The molecule has 4 nitrogen and oxygen atoms in total. The van der Waals surface area contributed by atoms with Crippen LogP contribution in [0.5, 0.6) is 0 Å². The van der Waals surface area contributed by atoms with E-state index in [1.807, 2.05) is 6.07 Å². The van der Waals surface area contributed by atoms with Gasteiger partial charge in [-0.05, 0) is 50.5 Å². The summed E-state index contributed by atoms with van der Waals surface area (Å²) in [7, 11) is 0. The van der Waals surface area contributed by atoms with Gasteiger partial charge in [-0.15, -0.1) is 24.8 Å². The summed E-state index contributed by atoms with van der Waals surface area (Å²) in [5, 5.41) is 10.4. The van der Waals surface area contributed by atoms with E-state index in [2.05, 4.69) is 54.8 Å².